The molecule has 0 fully saturated rings. The number of rotatable bonds is 7. The lowest BCUT2D eigenvalue weighted by molar-refractivity contribution is -0.145. The summed E-state index contributed by atoms with van der Waals surface area (Å²) < 4.78 is 1.83. The van der Waals surface area contributed by atoms with Gasteiger partial charge in [0, 0.05) is 0 Å². The first kappa shape index (κ1) is 23.5. The molecule has 3 N–H and O–H groups in total. The molecule has 7 heteroatoms. The van der Waals surface area contributed by atoms with Crippen LogP contribution < -0.4 is 10.6 Å². The van der Waals surface area contributed by atoms with Crippen molar-refractivity contribution in [2.75, 3.05) is 5.32 Å². The minimum Gasteiger partial charge on any atom is -0.479 e. The number of fused-ring (bicyclic) bond motifs is 1. The number of aliphatic carboxylic acids is 1. The molecule has 1 aliphatic rings. The number of amides is 1. The van der Waals surface area contributed by atoms with Gasteiger partial charge in [-0.15, -0.1) is 0 Å². The van der Waals surface area contributed by atoms with Gasteiger partial charge in [0.05, 0.1) is 17.8 Å². The topological polar surface area (TPSA) is 96.3 Å². The highest BCUT2D eigenvalue weighted by atomic mass is 16.4. The monoisotopic (exact) mass is 460 g/mol. The standard InChI is InChI=1S/C27H32N4O3/c1-5-18-12-14-20(15-13-18)27(6-2,25(33)34)30-24(32)21-17-28-31-23(21)29-22(16-26(31,3)4)19-10-8-7-9-11-19/h7-15,17,22,29H,5-6,16H2,1-4H3,(H,30,32)(H,33,34)/t22-,27?/m1/s1. The summed E-state index contributed by atoms with van der Waals surface area (Å²) in [5.41, 5.74) is 1.24. The number of anilines is 1. The lowest BCUT2D eigenvalue weighted by atomic mass is 9.86. The number of hydrogen-bond donors (Lipinski definition) is 3. The van der Waals surface area contributed by atoms with Gasteiger partial charge >= 0.3 is 5.97 Å². The number of carboxylic acids is 1. The van der Waals surface area contributed by atoms with Crippen LogP contribution in [0, 0.1) is 0 Å². The van der Waals surface area contributed by atoms with Crippen molar-refractivity contribution in [1.82, 2.24) is 15.1 Å². The molecule has 178 valence electrons. The molecule has 0 spiro atoms. The van der Waals surface area contributed by atoms with Crippen LogP contribution in [0.5, 0.6) is 0 Å². The second-order valence-corrected chi connectivity index (χ2v) is 9.51. The molecular weight excluding hydrogens is 428 g/mol. The zero-order valence-corrected chi connectivity index (χ0v) is 20.1. The van der Waals surface area contributed by atoms with Crippen LogP contribution in [0.4, 0.5) is 5.82 Å². The van der Waals surface area contributed by atoms with E-state index in [2.05, 4.69) is 41.7 Å². The molecule has 3 aromatic rings. The van der Waals surface area contributed by atoms with E-state index in [1.807, 2.05) is 41.9 Å². The molecule has 1 unspecified atom stereocenters. The van der Waals surface area contributed by atoms with Crippen molar-refractivity contribution in [2.45, 2.75) is 64.1 Å². The van der Waals surface area contributed by atoms with Crippen molar-refractivity contribution in [3.05, 3.63) is 83.0 Å². The van der Waals surface area contributed by atoms with E-state index in [1.54, 1.807) is 19.1 Å². The van der Waals surface area contributed by atoms with Crippen molar-refractivity contribution in [3.63, 3.8) is 0 Å². The zero-order chi connectivity index (χ0) is 24.5. The fraction of sp³-hybridized carbons (Fsp3) is 0.370. The van der Waals surface area contributed by atoms with E-state index in [1.165, 1.54) is 6.20 Å². The van der Waals surface area contributed by atoms with Crippen molar-refractivity contribution in [1.29, 1.82) is 0 Å². The number of carbonyl (C=O) groups excluding carboxylic acids is 1. The number of aryl methyl sites for hydroxylation is 1. The number of nitrogens with one attached hydrogen (secondary N) is 2. The van der Waals surface area contributed by atoms with E-state index in [4.69, 9.17) is 0 Å². The molecule has 0 bridgehead atoms. The Hall–Kier alpha value is -3.61. The van der Waals surface area contributed by atoms with Crippen LogP contribution in [0.1, 0.15) is 73.6 Å². The van der Waals surface area contributed by atoms with Crippen LogP contribution in [0.25, 0.3) is 0 Å². The van der Waals surface area contributed by atoms with Crippen molar-refractivity contribution < 1.29 is 14.7 Å². The molecule has 1 amide bonds. The van der Waals surface area contributed by atoms with Gasteiger partial charge in [-0.3, -0.25) is 4.79 Å². The van der Waals surface area contributed by atoms with E-state index in [0.29, 0.717) is 16.9 Å². The summed E-state index contributed by atoms with van der Waals surface area (Å²) in [4.78, 5) is 26.0. The van der Waals surface area contributed by atoms with E-state index >= 15 is 0 Å². The van der Waals surface area contributed by atoms with Gasteiger partial charge in [-0.05, 0) is 49.8 Å². The van der Waals surface area contributed by atoms with Gasteiger partial charge in [0.15, 0.2) is 5.54 Å². The fourth-order valence-corrected chi connectivity index (χ4v) is 4.78. The average Bonchev–Trinajstić information content (AvgIpc) is 3.28. The molecule has 4 rings (SSSR count). The molecule has 2 heterocycles. The zero-order valence-electron chi connectivity index (χ0n) is 20.1. The minimum atomic E-state index is -1.54. The fourth-order valence-electron chi connectivity index (χ4n) is 4.78. The summed E-state index contributed by atoms with van der Waals surface area (Å²) in [6.45, 7) is 7.99. The summed E-state index contributed by atoms with van der Waals surface area (Å²) in [5, 5.41) is 21.0. The number of aromatic nitrogens is 2. The Bertz CT molecular complexity index is 1180. The molecule has 2 aromatic carbocycles. The maximum atomic E-state index is 13.5. The molecule has 0 aliphatic carbocycles. The van der Waals surface area contributed by atoms with E-state index in [9.17, 15) is 14.7 Å². The van der Waals surface area contributed by atoms with Crippen LogP contribution >= 0.6 is 0 Å². The third-order valence-electron chi connectivity index (χ3n) is 6.88. The maximum absolute atomic E-state index is 13.5. The van der Waals surface area contributed by atoms with Gasteiger partial charge in [0.25, 0.3) is 5.91 Å². The van der Waals surface area contributed by atoms with Crippen LogP contribution in [0.3, 0.4) is 0 Å². The first-order chi connectivity index (χ1) is 16.2. The highest BCUT2D eigenvalue weighted by molar-refractivity contribution is 6.01. The normalized spacial score (nSPS) is 18.3. The Labute approximate surface area is 200 Å². The molecule has 0 saturated heterocycles. The molecule has 34 heavy (non-hydrogen) atoms. The van der Waals surface area contributed by atoms with Crippen LogP contribution in [-0.4, -0.2) is 26.8 Å². The molecule has 0 saturated carbocycles. The Morgan fingerprint density at radius 3 is 2.41 bits per heavy atom. The lowest BCUT2D eigenvalue weighted by Gasteiger charge is -2.38. The number of carbonyl (C=O) groups is 2. The molecule has 1 aliphatic heterocycles. The predicted octanol–water partition coefficient (Wildman–Crippen LogP) is 4.86. The van der Waals surface area contributed by atoms with Crippen LogP contribution in [0.2, 0.25) is 0 Å². The van der Waals surface area contributed by atoms with E-state index in [-0.39, 0.29) is 18.0 Å². The first-order valence-electron chi connectivity index (χ1n) is 11.8. The third kappa shape index (κ3) is 4.06. The summed E-state index contributed by atoms with van der Waals surface area (Å²) in [7, 11) is 0. The van der Waals surface area contributed by atoms with Crippen LogP contribution in [0.15, 0.2) is 60.8 Å². The van der Waals surface area contributed by atoms with E-state index < -0.39 is 17.4 Å². The lowest BCUT2D eigenvalue weighted by Crippen LogP contribution is -2.51. The highest BCUT2D eigenvalue weighted by Crippen LogP contribution is 2.40. The second-order valence-electron chi connectivity index (χ2n) is 9.51. The smallest absolute Gasteiger partial charge is 0.334 e. The van der Waals surface area contributed by atoms with Crippen molar-refractivity contribution in [2.24, 2.45) is 0 Å². The van der Waals surface area contributed by atoms with Gasteiger partial charge in [-0.2, -0.15) is 5.10 Å². The number of nitrogens with zero attached hydrogens (tertiary/aromatic N) is 2. The van der Waals surface area contributed by atoms with E-state index in [0.717, 1.165) is 24.0 Å². The summed E-state index contributed by atoms with van der Waals surface area (Å²) in [6.07, 6.45) is 3.37. The largest absolute Gasteiger partial charge is 0.479 e. The molecular formula is C27H32N4O3. The average molecular weight is 461 g/mol. The van der Waals surface area contributed by atoms with Gasteiger partial charge in [-0.25, -0.2) is 9.48 Å². The Morgan fingerprint density at radius 2 is 1.82 bits per heavy atom. The molecule has 1 aromatic heterocycles. The number of carboxylic acid groups (broad SMARTS) is 1. The summed E-state index contributed by atoms with van der Waals surface area (Å²) in [6, 6.07) is 17.5. The van der Waals surface area contributed by atoms with Crippen LogP contribution in [-0.2, 0) is 22.3 Å². The summed E-state index contributed by atoms with van der Waals surface area (Å²) in [5.74, 6) is -0.967. The number of benzene rings is 2. The first-order valence-corrected chi connectivity index (χ1v) is 11.8. The SMILES string of the molecule is CCc1ccc(C(CC)(NC(=O)c2cnn3c2N[C@@H](c2ccccc2)CC3(C)C)C(=O)O)cc1. The molecule has 2 atom stereocenters. The van der Waals surface area contributed by atoms with Crippen molar-refractivity contribution >= 4 is 17.7 Å². The second kappa shape index (κ2) is 8.97. The maximum Gasteiger partial charge on any atom is 0.334 e. The Balaban J connectivity index is 1.70. The van der Waals surface area contributed by atoms with Crippen molar-refractivity contribution in [3.8, 4) is 0 Å². The summed E-state index contributed by atoms with van der Waals surface area (Å²) >= 11 is 0. The Morgan fingerprint density at radius 1 is 1.15 bits per heavy atom. The predicted molar refractivity (Wildman–Crippen MR) is 132 cm³/mol. The Kier molecular flexibility index (Phi) is 6.21. The quantitative estimate of drug-likeness (QED) is 0.468. The highest BCUT2D eigenvalue weighted by Gasteiger charge is 2.42. The molecule has 0 radical (unpaired) electrons. The minimum absolute atomic E-state index is 0.00365. The van der Waals surface area contributed by atoms with Gasteiger partial charge in [0.1, 0.15) is 11.4 Å². The third-order valence-corrected chi connectivity index (χ3v) is 6.88. The number of hydrogen-bond acceptors (Lipinski definition) is 4. The van der Waals surface area contributed by atoms with Gasteiger partial charge in [0.2, 0.25) is 0 Å². The van der Waals surface area contributed by atoms with Gasteiger partial charge in [-0.1, -0.05) is 68.4 Å². The van der Waals surface area contributed by atoms with Gasteiger partial charge < -0.3 is 15.7 Å². The molecule has 7 nitrogen and oxygen atoms in total.